The fraction of sp³-hybridized carbons (Fsp3) is 0.455. The van der Waals surface area contributed by atoms with Gasteiger partial charge in [0.05, 0.1) is 10.7 Å². The van der Waals surface area contributed by atoms with Gasteiger partial charge in [0.25, 0.3) is 5.69 Å². The van der Waals surface area contributed by atoms with Crippen molar-refractivity contribution in [2.45, 2.75) is 13.8 Å². The minimum absolute atomic E-state index is 0.0320. The second kappa shape index (κ2) is 7.65. The van der Waals surface area contributed by atoms with Gasteiger partial charge in [-0.25, -0.2) is 8.42 Å². The Balaban J connectivity index is 0.00000137. The molecule has 6 nitrogen and oxygen atoms in total. The second-order valence-corrected chi connectivity index (χ2v) is 5.49. The Labute approximate surface area is 107 Å². The fourth-order valence-corrected chi connectivity index (χ4v) is 1.36. The molecule has 0 aliphatic carbocycles. The molecule has 0 radical (unpaired) electrons. The van der Waals surface area contributed by atoms with Crippen LogP contribution in [0, 0.1) is 10.1 Å². The van der Waals surface area contributed by atoms with Crippen LogP contribution in [0.3, 0.4) is 0 Å². The number of nitro groups is 1. The largest absolute Gasteiger partial charge is 0.493 e. The normalized spacial score (nSPS) is 10.2. The summed E-state index contributed by atoms with van der Waals surface area (Å²) >= 11 is 0. The van der Waals surface area contributed by atoms with Gasteiger partial charge in [-0.05, 0) is 12.1 Å². The highest BCUT2D eigenvalue weighted by Gasteiger charge is 2.05. The summed E-state index contributed by atoms with van der Waals surface area (Å²) in [6.07, 6.45) is 1.12. The highest BCUT2D eigenvalue weighted by Crippen LogP contribution is 2.17. The van der Waals surface area contributed by atoms with Crippen LogP contribution >= 0.6 is 0 Å². The average Bonchev–Trinajstić information content (AvgIpc) is 2.30. The van der Waals surface area contributed by atoms with Crippen LogP contribution < -0.4 is 4.74 Å². The van der Waals surface area contributed by atoms with E-state index >= 15 is 0 Å². The zero-order valence-electron chi connectivity index (χ0n) is 10.6. The molecule has 0 saturated heterocycles. The van der Waals surface area contributed by atoms with Gasteiger partial charge in [0.2, 0.25) is 0 Å². The van der Waals surface area contributed by atoms with E-state index in [9.17, 15) is 18.5 Å². The van der Waals surface area contributed by atoms with Crippen molar-refractivity contribution in [3.8, 4) is 5.75 Å². The van der Waals surface area contributed by atoms with Gasteiger partial charge in [0, 0.05) is 18.4 Å². The summed E-state index contributed by atoms with van der Waals surface area (Å²) in [4.78, 5) is 9.83. The second-order valence-electron chi connectivity index (χ2n) is 3.23. The van der Waals surface area contributed by atoms with Crippen LogP contribution in [-0.2, 0) is 9.84 Å². The Morgan fingerprint density at radius 1 is 1.22 bits per heavy atom. The molecule has 1 aromatic carbocycles. The molecule has 0 fully saturated rings. The van der Waals surface area contributed by atoms with Crippen LogP contribution in [0.2, 0.25) is 0 Å². The maximum absolute atomic E-state index is 10.8. The average molecular weight is 275 g/mol. The first-order chi connectivity index (χ1) is 8.38. The predicted molar refractivity (Wildman–Crippen MR) is 69.7 cm³/mol. The topological polar surface area (TPSA) is 86.5 Å². The molecule has 0 unspecified atom stereocenters. The molecule has 0 amide bonds. The lowest BCUT2D eigenvalue weighted by Crippen LogP contribution is -2.11. The van der Waals surface area contributed by atoms with Crippen molar-refractivity contribution in [1.82, 2.24) is 0 Å². The van der Waals surface area contributed by atoms with Gasteiger partial charge in [0.1, 0.15) is 12.4 Å². The van der Waals surface area contributed by atoms with Crippen molar-refractivity contribution in [1.29, 1.82) is 0 Å². The Morgan fingerprint density at radius 2 is 1.72 bits per heavy atom. The van der Waals surface area contributed by atoms with Crippen molar-refractivity contribution < 1.29 is 18.1 Å². The summed E-state index contributed by atoms with van der Waals surface area (Å²) in [6, 6.07) is 5.46. The standard InChI is InChI=1S/C9H11NO5S.C2H6/c1-16(13,14)7-6-15-9-4-2-8(3-5-9)10(11)12;1-2/h2-5H,6-7H2,1H3;1-2H3. The van der Waals surface area contributed by atoms with Gasteiger partial charge in [-0.3, -0.25) is 10.1 Å². The lowest BCUT2D eigenvalue weighted by molar-refractivity contribution is -0.384. The number of nitrogens with zero attached hydrogens (tertiary/aromatic N) is 1. The van der Waals surface area contributed by atoms with Gasteiger partial charge < -0.3 is 4.74 Å². The number of non-ortho nitro benzene ring substituents is 1. The lowest BCUT2D eigenvalue weighted by Gasteiger charge is -2.04. The summed E-state index contributed by atoms with van der Waals surface area (Å²) in [6.45, 7) is 4.04. The third-order valence-corrected chi connectivity index (χ3v) is 2.68. The molecule has 0 aliphatic heterocycles. The minimum Gasteiger partial charge on any atom is -0.493 e. The van der Waals surface area contributed by atoms with E-state index in [1.807, 2.05) is 13.8 Å². The van der Waals surface area contributed by atoms with E-state index in [4.69, 9.17) is 4.74 Å². The van der Waals surface area contributed by atoms with E-state index in [2.05, 4.69) is 0 Å². The summed E-state index contributed by atoms with van der Waals surface area (Å²) in [5, 5.41) is 10.3. The van der Waals surface area contributed by atoms with Gasteiger partial charge in [-0.1, -0.05) is 13.8 Å². The van der Waals surface area contributed by atoms with E-state index in [-0.39, 0.29) is 18.0 Å². The number of sulfone groups is 1. The highest BCUT2D eigenvalue weighted by molar-refractivity contribution is 7.90. The maximum atomic E-state index is 10.8. The van der Waals surface area contributed by atoms with Crippen molar-refractivity contribution >= 4 is 15.5 Å². The molecule has 1 aromatic rings. The van der Waals surface area contributed by atoms with E-state index in [0.29, 0.717) is 5.75 Å². The number of ether oxygens (including phenoxy) is 1. The number of hydrogen-bond acceptors (Lipinski definition) is 5. The summed E-state index contributed by atoms with van der Waals surface area (Å²) in [5.74, 6) is 0.332. The molecule has 0 N–H and O–H groups in total. The predicted octanol–water partition coefficient (Wildman–Crippen LogP) is 2.04. The van der Waals surface area contributed by atoms with E-state index in [1.54, 1.807) is 0 Å². The first kappa shape index (κ1) is 16.4. The quantitative estimate of drug-likeness (QED) is 0.606. The molecule has 0 spiro atoms. The molecule has 0 atom stereocenters. The van der Waals surface area contributed by atoms with Crippen LogP contribution in [-0.4, -0.2) is 32.0 Å². The van der Waals surface area contributed by atoms with Crippen LogP contribution in [0.25, 0.3) is 0 Å². The fourth-order valence-electron chi connectivity index (χ4n) is 0.975. The van der Waals surface area contributed by atoms with E-state index in [0.717, 1.165) is 6.26 Å². The third kappa shape index (κ3) is 6.85. The van der Waals surface area contributed by atoms with Crippen molar-refractivity contribution in [2.24, 2.45) is 0 Å². The Bertz CT molecular complexity index is 467. The van der Waals surface area contributed by atoms with Crippen LogP contribution in [0.1, 0.15) is 13.8 Å². The van der Waals surface area contributed by atoms with Crippen LogP contribution in [0.15, 0.2) is 24.3 Å². The molecule has 0 aromatic heterocycles. The van der Waals surface area contributed by atoms with E-state index in [1.165, 1.54) is 24.3 Å². The summed E-state index contributed by atoms with van der Waals surface area (Å²) < 4.78 is 26.7. The zero-order valence-corrected chi connectivity index (χ0v) is 11.4. The summed E-state index contributed by atoms with van der Waals surface area (Å²) in [5.41, 5.74) is -0.0320. The lowest BCUT2D eigenvalue weighted by atomic mass is 10.3. The number of hydrogen-bond donors (Lipinski definition) is 0. The maximum Gasteiger partial charge on any atom is 0.269 e. The first-order valence-electron chi connectivity index (χ1n) is 5.43. The molecule has 7 heteroatoms. The first-order valence-corrected chi connectivity index (χ1v) is 7.49. The molecule has 18 heavy (non-hydrogen) atoms. The Hall–Kier alpha value is -1.63. The monoisotopic (exact) mass is 275 g/mol. The number of benzene rings is 1. The molecule has 1 rings (SSSR count). The van der Waals surface area contributed by atoms with Crippen molar-refractivity contribution in [2.75, 3.05) is 18.6 Å². The molecule has 102 valence electrons. The third-order valence-electron chi connectivity index (χ3n) is 1.77. The molecule has 0 bridgehead atoms. The van der Waals surface area contributed by atoms with Gasteiger partial charge >= 0.3 is 0 Å². The van der Waals surface area contributed by atoms with Crippen LogP contribution in [0.5, 0.6) is 5.75 Å². The van der Waals surface area contributed by atoms with Gasteiger partial charge in [-0.15, -0.1) is 0 Å². The molecule has 0 saturated carbocycles. The van der Waals surface area contributed by atoms with Gasteiger partial charge in [0.15, 0.2) is 9.84 Å². The minimum atomic E-state index is -3.05. The number of rotatable bonds is 5. The van der Waals surface area contributed by atoms with Crippen molar-refractivity contribution in [3.05, 3.63) is 34.4 Å². The zero-order chi connectivity index (χ0) is 14.2. The SMILES string of the molecule is CC.CS(=O)(=O)CCOc1ccc([N+](=O)[O-])cc1. The molecule has 0 aliphatic rings. The van der Waals surface area contributed by atoms with E-state index < -0.39 is 14.8 Å². The number of nitro benzene ring substituents is 1. The molecule has 0 heterocycles. The Kier molecular flexibility index (Phi) is 6.96. The molecular weight excluding hydrogens is 258 g/mol. The smallest absolute Gasteiger partial charge is 0.269 e. The Morgan fingerprint density at radius 3 is 2.11 bits per heavy atom. The van der Waals surface area contributed by atoms with Crippen molar-refractivity contribution in [3.63, 3.8) is 0 Å². The van der Waals surface area contributed by atoms with Crippen LogP contribution in [0.4, 0.5) is 5.69 Å². The molecular formula is C11H17NO5S. The summed E-state index contributed by atoms with van der Waals surface area (Å²) in [7, 11) is -3.05. The van der Waals surface area contributed by atoms with Gasteiger partial charge in [-0.2, -0.15) is 0 Å². The highest BCUT2D eigenvalue weighted by atomic mass is 32.2.